The van der Waals surface area contributed by atoms with E-state index in [1.54, 1.807) is 6.92 Å². The van der Waals surface area contributed by atoms with Crippen molar-refractivity contribution in [2.45, 2.75) is 39.2 Å². The van der Waals surface area contributed by atoms with Gasteiger partial charge in [-0.15, -0.1) is 0 Å². The Bertz CT molecular complexity index is 486. The minimum absolute atomic E-state index is 0.0687. The molecule has 0 spiro atoms. The van der Waals surface area contributed by atoms with Gasteiger partial charge >= 0.3 is 5.97 Å². The van der Waals surface area contributed by atoms with Crippen LogP contribution in [-0.4, -0.2) is 24.5 Å². The van der Waals surface area contributed by atoms with Gasteiger partial charge in [0.15, 0.2) is 0 Å². The molecule has 2 unspecified atom stereocenters. The standard InChI is InChI=1S/C16H21NO3/c1-3-16(10-12-8-6-5-7-9-12)11-13(18)17-14(16)15(19)20-4-2/h5-9,14H,3-4,10-11H2,1-2H3,(H,17,18). The Kier molecular flexibility index (Phi) is 4.42. The third-order valence-corrected chi connectivity index (χ3v) is 4.06. The maximum atomic E-state index is 12.1. The lowest BCUT2D eigenvalue weighted by Gasteiger charge is -2.31. The van der Waals surface area contributed by atoms with E-state index in [2.05, 4.69) is 5.32 Å². The van der Waals surface area contributed by atoms with Gasteiger partial charge in [0, 0.05) is 11.8 Å². The summed E-state index contributed by atoms with van der Waals surface area (Å²) in [5.74, 6) is -0.392. The Morgan fingerprint density at radius 2 is 2.05 bits per heavy atom. The number of benzene rings is 1. The number of nitrogens with one attached hydrogen (secondary N) is 1. The Morgan fingerprint density at radius 1 is 1.35 bits per heavy atom. The summed E-state index contributed by atoms with van der Waals surface area (Å²) >= 11 is 0. The Labute approximate surface area is 119 Å². The molecule has 1 aliphatic heterocycles. The Hall–Kier alpha value is -1.84. The molecule has 1 aromatic rings. The number of rotatable bonds is 5. The second kappa shape index (κ2) is 6.07. The molecule has 0 radical (unpaired) electrons. The molecule has 4 nitrogen and oxygen atoms in total. The average Bonchev–Trinajstić information content (AvgIpc) is 2.77. The highest BCUT2D eigenvalue weighted by Crippen LogP contribution is 2.39. The summed E-state index contributed by atoms with van der Waals surface area (Å²) in [6.45, 7) is 4.13. The molecule has 2 rings (SSSR count). The molecule has 0 bridgehead atoms. The van der Waals surface area contributed by atoms with Crippen LogP contribution < -0.4 is 5.32 Å². The fourth-order valence-electron chi connectivity index (χ4n) is 2.94. The molecule has 20 heavy (non-hydrogen) atoms. The average molecular weight is 275 g/mol. The summed E-state index contributed by atoms with van der Waals surface area (Å²) < 4.78 is 5.12. The maximum absolute atomic E-state index is 12.1. The zero-order chi connectivity index (χ0) is 14.6. The zero-order valence-electron chi connectivity index (χ0n) is 12.0. The Balaban J connectivity index is 2.26. The molecule has 1 aromatic carbocycles. The molecule has 0 aliphatic carbocycles. The van der Waals surface area contributed by atoms with Crippen LogP contribution in [0.4, 0.5) is 0 Å². The van der Waals surface area contributed by atoms with Gasteiger partial charge < -0.3 is 10.1 Å². The van der Waals surface area contributed by atoms with Crippen molar-refractivity contribution in [1.29, 1.82) is 0 Å². The highest BCUT2D eigenvalue weighted by molar-refractivity contribution is 5.90. The van der Waals surface area contributed by atoms with Gasteiger partial charge in [0.2, 0.25) is 5.91 Å². The van der Waals surface area contributed by atoms with Crippen LogP contribution in [0.5, 0.6) is 0 Å². The van der Waals surface area contributed by atoms with Gasteiger partial charge in [-0.05, 0) is 25.3 Å². The molecule has 1 aliphatic rings. The highest BCUT2D eigenvalue weighted by atomic mass is 16.5. The van der Waals surface area contributed by atoms with Crippen molar-refractivity contribution in [3.63, 3.8) is 0 Å². The molecule has 108 valence electrons. The van der Waals surface area contributed by atoms with Crippen molar-refractivity contribution in [3.8, 4) is 0 Å². The van der Waals surface area contributed by atoms with Gasteiger partial charge in [-0.25, -0.2) is 4.79 Å². The van der Waals surface area contributed by atoms with E-state index in [0.717, 1.165) is 12.0 Å². The minimum Gasteiger partial charge on any atom is -0.464 e. The van der Waals surface area contributed by atoms with Gasteiger partial charge in [-0.3, -0.25) is 4.79 Å². The van der Waals surface area contributed by atoms with Crippen molar-refractivity contribution in [2.24, 2.45) is 5.41 Å². The van der Waals surface area contributed by atoms with Crippen LogP contribution in [-0.2, 0) is 20.7 Å². The topological polar surface area (TPSA) is 55.4 Å². The predicted octanol–water partition coefficient (Wildman–Crippen LogP) is 2.08. The lowest BCUT2D eigenvalue weighted by Crippen LogP contribution is -2.45. The van der Waals surface area contributed by atoms with Crippen LogP contribution >= 0.6 is 0 Å². The normalized spacial score (nSPS) is 25.3. The first-order chi connectivity index (χ1) is 9.61. The van der Waals surface area contributed by atoms with Gasteiger partial charge in [-0.2, -0.15) is 0 Å². The first-order valence-corrected chi connectivity index (χ1v) is 7.11. The van der Waals surface area contributed by atoms with Gasteiger partial charge in [0.05, 0.1) is 6.61 Å². The SMILES string of the molecule is CCOC(=O)C1NC(=O)CC1(CC)Cc1ccccc1. The predicted molar refractivity (Wildman–Crippen MR) is 76.1 cm³/mol. The molecular formula is C16H21NO3. The van der Waals surface area contributed by atoms with Gasteiger partial charge in [0.1, 0.15) is 6.04 Å². The van der Waals surface area contributed by atoms with Crippen LogP contribution in [0, 0.1) is 5.41 Å². The van der Waals surface area contributed by atoms with Gasteiger partial charge in [0.25, 0.3) is 0 Å². The molecule has 0 saturated carbocycles. The van der Waals surface area contributed by atoms with E-state index in [9.17, 15) is 9.59 Å². The second-order valence-electron chi connectivity index (χ2n) is 5.31. The van der Waals surface area contributed by atoms with E-state index < -0.39 is 6.04 Å². The smallest absolute Gasteiger partial charge is 0.329 e. The molecule has 0 aromatic heterocycles. The summed E-state index contributed by atoms with van der Waals surface area (Å²) in [4.78, 5) is 23.9. The van der Waals surface area contributed by atoms with Crippen LogP contribution in [0.25, 0.3) is 0 Å². The molecule has 1 N–H and O–H groups in total. The minimum atomic E-state index is -0.542. The third-order valence-electron chi connectivity index (χ3n) is 4.06. The fraction of sp³-hybridized carbons (Fsp3) is 0.500. The lowest BCUT2D eigenvalue weighted by atomic mass is 9.73. The lowest BCUT2D eigenvalue weighted by molar-refractivity contribution is -0.148. The third kappa shape index (κ3) is 2.84. The zero-order valence-corrected chi connectivity index (χ0v) is 12.0. The van der Waals surface area contributed by atoms with Crippen LogP contribution in [0.1, 0.15) is 32.3 Å². The summed E-state index contributed by atoms with van der Waals surface area (Å²) in [7, 11) is 0. The van der Waals surface area contributed by atoms with E-state index in [0.29, 0.717) is 19.4 Å². The monoisotopic (exact) mass is 275 g/mol. The number of esters is 1. The fourth-order valence-corrected chi connectivity index (χ4v) is 2.94. The van der Waals surface area contributed by atoms with Crippen molar-refractivity contribution < 1.29 is 14.3 Å². The van der Waals surface area contributed by atoms with Crippen molar-refractivity contribution in [3.05, 3.63) is 35.9 Å². The van der Waals surface area contributed by atoms with E-state index in [1.807, 2.05) is 37.3 Å². The molecule has 4 heteroatoms. The Morgan fingerprint density at radius 3 is 2.65 bits per heavy atom. The molecular weight excluding hydrogens is 254 g/mol. The van der Waals surface area contributed by atoms with Crippen molar-refractivity contribution in [1.82, 2.24) is 5.32 Å². The van der Waals surface area contributed by atoms with Crippen molar-refractivity contribution in [2.75, 3.05) is 6.61 Å². The maximum Gasteiger partial charge on any atom is 0.329 e. The number of hydrogen-bond acceptors (Lipinski definition) is 3. The first-order valence-electron chi connectivity index (χ1n) is 7.11. The van der Waals surface area contributed by atoms with Gasteiger partial charge in [-0.1, -0.05) is 37.3 Å². The van der Waals surface area contributed by atoms with E-state index in [4.69, 9.17) is 4.74 Å². The summed E-state index contributed by atoms with van der Waals surface area (Å²) in [5.41, 5.74) is 0.755. The number of carbonyl (C=O) groups is 2. The van der Waals surface area contributed by atoms with Crippen LogP contribution in [0.15, 0.2) is 30.3 Å². The molecule has 2 atom stereocenters. The number of hydrogen-bond donors (Lipinski definition) is 1. The second-order valence-corrected chi connectivity index (χ2v) is 5.31. The molecule has 1 saturated heterocycles. The summed E-state index contributed by atoms with van der Waals surface area (Å²) in [6.07, 6.45) is 1.83. The number of amides is 1. The largest absolute Gasteiger partial charge is 0.464 e. The summed E-state index contributed by atoms with van der Waals surface area (Å²) in [5, 5.41) is 2.79. The van der Waals surface area contributed by atoms with Crippen LogP contribution in [0.2, 0.25) is 0 Å². The highest BCUT2D eigenvalue weighted by Gasteiger charge is 2.49. The first kappa shape index (κ1) is 14.6. The van der Waals surface area contributed by atoms with Crippen LogP contribution in [0.3, 0.4) is 0 Å². The quantitative estimate of drug-likeness (QED) is 0.837. The number of carbonyl (C=O) groups excluding carboxylic acids is 2. The van der Waals surface area contributed by atoms with E-state index in [1.165, 1.54) is 0 Å². The molecule has 1 heterocycles. The number of ether oxygens (including phenoxy) is 1. The summed E-state index contributed by atoms with van der Waals surface area (Å²) in [6, 6.07) is 9.43. The van der Waals surface area contributed by atoms with E-state index >= 15 is 0 Å². The molecule has 1 amide bonds. The van der Waals surface area contributed by atoms with Crippen molar-refractivity contribution >= 4 is 11.9 Å². The van der Waals surface area contributed by atoms with E-state index in [-0.39, 0.29) is 17.3 Å². The molecule has 1 fully saturated rings.